The van der Waals surface area contributed by atoms with Crippen LogP contribution in [0.2, 0.25) is 5.02 Å². The first-order chi connectivity index (χ1) is 14.6. The van der Waals surface area contributed by atoms with Gasteiger partial charge >= 0.3 is 0 Å². The quantitative estimate of drug-likeness (QED) is 0.655. The number of benzene rings is 1. The molecule has 2 aromatic heterocycles. The van der Waals surface area contributed by atoms with Crippen molar-refractivity contribution in [2.75, 3.05) is 24.5 Å². The standard InChI is InChI=1S/C22H23ClN4O3/c23-17-3-1-4-18(15-17)27-21(28)7-6-20(25-27)26-12-9-16(10-13-26)22(29)24-11-8-19-5-2-14-30-19/h1-7,14-16H,8-13H2,(H,24,29). The predicted octanol–water partition coefficient (Wildman–Crippen LogP) is 3.05. The Morgan fingerprint density at radius 3 is 2.73 bits per heavy atom. The van der Waals surface area contributed by atoms with Crippen molar-refractivity contribution in [1.82, 2.24) is 15.1 Å². The Labute approximate surface area is 179 Å². The minimum absolute atomic E-state index is 0.0170. The first-order valence-electron chi connectivity index (χ1n) is 10.0. The normalized spacial score (nSPS) is 14.6. The average molecular weight is 427 g/mol. The summed E-state index contributed by atoms with van der Waals surface area (Å²) in [4.78, 5) is 26.8. The van der Waals surface area contributed by atoms with Crippen LogP contribution in [0.25, 0.3) is 5.69 Å². The molecule has 1 aliphatic heterocycles. The van der Waals surface area contributed by atoms with E-state index >= 15 is 0 Å². The van der Waals surface area contributed by atoms with Gasteiger partial charge in [0.05, 0.1) is 12.0 Å². The number of furan rings is 1. The lowest BCUT2D eigenvalue weighted by molar-refractivity contribution is -0.125. The number of piperidine rings is 1. The Hall–Kier alpha value is -3.06. The second-order valence-electron chi connectivity index (χ2n) is 7.30. The molecule has 3 heterocycles. The fraction of sp³-hybridized carbons (Fsp3) is 0.318. The summed E-state index contributed by atoms with van der Waals surface area (Å²) < 4.78 is 6.64. The molecule has 0 bridgehead atoms. The zero-order valence-electron chi connectivity index (χ0n) is 16.5. The van der Waals surface area contributed by atoms with Crippen molar-refractivity contribution < 1.29 is 9.21 Å². The summed E-state index contributed by atoms with van der Waals surface area (Å²) in [5.74, 6) is 1.65. The molecule has 1 aliphatic rings. The highest BCUT2D eigenvalue weighted by atomic mass is 35.5. The minimum Gasteiger partial charge on any atom is -0.469 e. The molecule has 1 amide bonds. The van der Waals surface area contributed by atoms with Crippen LogP contribution < -0.4 is 15.8 Å². The van der Waals surface area contributed by atoms with Crippen LogP contribution in [0.5, 0.6) is 0 Å². The summed E-state index contributed by atoms with van der Waals surface area (Å²) in [5, 5.41) is 8.06. The minimum atomic E-state index is -0.216. The first kappa shape index (κ1) is 20.2. The SMILES string of the molecule is O=C(NCCc1ccco1)C1CCN(c2ccc(=O)n(-c3cccc(Cl)c3)n2)CC1. The Kier molecular flexibility index (Phi) is 6.18. The van der Waals surface area contributed by atoms with Gasteiger partial charge in [-0.25, -0.2) is 0 Å². The molecule has 30 heavy (non-hydrogen) atoms. The zero-order chi connectivity index (χ0) is 20.9. The molecule has 0 spiro atoms. The maximum atomic E-state index is 12.5. The number of anilines is 1. The van der Waals surface area contributed by atoms with E-state index in [1.54, 1.807) is 36.6 Å². The monoisotopic (exact) mass is 426 g/mol. The maximum absolute atomic E-state index is 12.5. The molecule has 8 heteroatoms. The topological polar surface area (TPSA) is 80.4 Å². The summed E-state index contributed by atoms with van der Waals surface area (Å²) in [6.07, 6.45) is 3.80. The number of rotatable bonds is 6. The molecule has 4 rings (SSSR count). The predicted molar refractivity (Wildman–Crippen MR) is 115 cm³/mol. The first-order valence-corrected chi connectivity index (χ1v) is 10.4. The molecule has 0 unspecified atom stereocenters. The molecular formula is C22H23ClN4O3. The van der Waals surface area contributed by atoms with Crippen LogP contribution in [0.4, 0.5) is 5.82 Å². The average Bonchev–Trinajstić information content (AvgIpc) is 3.28. The molecule has 3 aromatic rings. The van der Waals surface area contributed by atoms with Crippen LogP contribution in [0.3, 0.4) is 0 Å². The van der Waals surface area contributed by atoms with Gasteiger partial charge in [0.25, 0.3) is 5.56 Å². The third kappa shape index (κ3) is 4.74. The van der Waals surface area contributed by atoms with E-state index in [9.17, 15) is 9.59 Å². The van der Waals surface area contributed by atoms with Gasteiger partial charge in [-0.1, -0.05) is 17.7 Å². The summed E-state index contributed by atoms with van der Waals surface area (Å²) in [5.41, 5.74) is 0.409. The van der Waals surface area contributed by atoms with Crippen LogP contribution in [-0.2, 0) is 11.2 Å². The lowest BCUT2D eigenvalue weighted by Gasteiger charge is -2.32. The van der Waals surface area contributed by atoms with Gasteiger partial charge in [-0.15, -0.1) is 5.10 Å². The number of nitrogens with zero attached hydrogens (tertiary/aromatic N) is 3. The van der Waals surface area contributed by atoms with Crippen molar-refractivity contribution in [1.29, 1.82) is 0 Å². The lowest BCUT2D eigenvalue weighted by atomic mass is 9.96. The van der Waals surface area contributed by atoms with Crippen molar-refractivity contribution in [3.05, 3.63) is 75.9 Å². The van der Waals surface area contributed by atoms with Crippen molar-refractivity contribution in [2.45, 2.75) is 19.3 Å². The number of amides is 1. The van der Waals surface area contributed by atoms with E-state index in [2.05, 4.69) is 15.3 Å². The molecule has 1 N–H and O–H groups in total. The highest BCUT2D eigenvalue weighted by Crippen LogP contribution is 2.22. The van der Waals surface area contributed by atoms with Gasteiger partial charge in [-0.2, -0.15) is 4.68 Å². The van der Waals surface area contributed by atoms with Gasteiger partial charge in [0, 0.05) is 43.1 Å². The third-order valence-corrected chi connectivity index (χ3v) is 5.51. The van der Waals surface area contributed by atoms with E-state index in [-0.39, 0.29) is 17.4 Å². The van der Waals surface area contributed by atoms with Crippen molar-refractivity contribution in [3.63, 3.8) is 0 Å². The van der Waals surface area contributed by atoms with Gasteiger partial charge in [-0.05, 0) is 49.2 Å². The van der Waals surface area contributed by atoms with Crippen molar-refractivity contribution >= 4 is 23.3 Å². The highest BCUT2D eigenvalue weighted by molar-refractivity contribution is 6.30. The summed E-state index contributed by atoms with van der Waals surface area (Å²) >= 11 is 6.05. The summed E-state index contributed by atoms with van der Waals surface area (Å²) in [6, 6.07) is 14.0. The fourth-order valence-electron chi connectivity index (χ4n) is 3.64. The number of carbonyl (C=O) groups is 1. The van der Waals surface area contributed by atoms with Gasteiger partial charge in [-0.3, -0.25) is 9.59 Å². The summed E-state index contributed by atoms with van der Waals surface area (Å²) in [7, 11) is 0. The number of aromatic nitrogens is 2. The molecule has 0 aliphatic carbocycles. The van der Waals surface area contributed by atoms with Crippen LogP contribution in [0, 0.1) is 5.92 Å². The van der Waals surface area contributed by atoms with Crippen LogP contribution in [-0.4, -0.2) is 35.3 Å². The van der Waals surface area contributed by atoms with Crippen molar-refractivity contribution in [2.24, 2.45) is 5.92 Å². The number of hydrogen-bond acceptors (Lipinski definition) is 5. The maximum Gasteiger partial charge on any atom is 0.271 e. The number of carbonyl (C=O) groups excluding carboxylic acids is 1. The Morgan fingerprint density at radius 2 is 2.00 bits per heavy atom. The van der Waals surface area contributed by atoms with E-state index in [0.29, 0.717) is 42.6 Å². The molecule has 1 aromatic carbocycles. The van der Waals surface area contributed by atoms with Crippen LogP contribution >= 0.6 is 11.6 Å². The second kappa shape index (κ2) is 9.17. The Morgan fingerprint density at radius 1 is 1.17 bits per heavy atom. The largest absolute Gasteiger partial charge is 0.469 e. The van der Waals surface area contributed by atoms with Crippen molar-refractivity contribution in [3.8, 4) is 5.69 Å². The molecule has 1 saturated heterocycles. The second-order valence-corrected chi connectivity index (χ2v) is 7.74. The molecule has 1 fully saturated rings. The zero-order valence-corrected chi connectivity index (χ0v) is 17.2. The highest BCUT2D eigenvalue weighted by Gasteiger charge is 2.25. The molecule has 0 atom stereocenters. The molecular weight excluding hydrogens is 404 g/mol. The van der Waals surface area contributed by atoms with Gasteiger partial charge < -0.3 is 14.6 Å². The third-order valence-electron chi connectivity index (χ3n) is 5.28. The van der Waals surface area contributed by atoms with Gasteiger partial charge in [0.2, 0.25) is 5.91 Å². The van der Waals surface area contributed by atoms with Crippen LogP contribution in [0.1, 0.15) is 18.6 Å². The summed E-state index contributed by atoms with van der Waals surface area (Å²) in [6.45, 7) is 1.98. The molecule has 0 radical (unpaired) electrons. The smallest absolute Gasteiger partial charge is 0.271 e. The van der Waals surface area contributed by atoms with Gasteiger partial charge in [0.1, 0.15) is 11.6 Å². The van der Waals surface area contributed by atoms with E-state index in [1.165, 1.54) is 10.7 Å². The lowest BCUT2D eigenvalue weighted by Crippen LogP contribution is -2.41. The fourth-order valence-corrected chi connectivity index (χ4v) is 3.83. The van der Waals surface area contributed by atoms with E-state index in [4.69, 9.17) is 16.0 Å². The molecule has 7 nitrogen and oxygen atoms in total. The van der Waals surface area contributed by atoms with E-state index in [0.717, 1.165) is 18.6 Å². The number of nitrogens with one attached hydrogen (secondary N) is 1. The Bertz CT molecular complexity index is 1060. The van der Waals surface area contributed by atoms with Gasteiger partial charge in [0.15, 0.2) is 0 Å². The number of halogens is 1. The molecule has 156 valence electrons. The molecule has 0 saturated carbocycles. The van der Waals surface area contributed by atoms with E-state index in [1.807, 2.05) is 12.1 Å². The Balaban J connectivity index is 1.35. The number of hydrogen-bond donors (Lipinski definition) is 1. The van der Waals surface area contributed by atoms with E-state index < -0.39 is 0 Å². The van der Waals surface area contributed by atoms with Crippen LogP contribution in [0.15, 0.2) is 64.0 Å².